The second-order valence-electron chi connectivity index (χ2n) is 4.67. The first kappa shape index (κ1) is 16.9. The van der Waals surface area contributed by atoms with Crippen molar-refractivity contribution in [2.24, 2.45) is 0 Å². The zero-order chi connectivity index (χ0) is 17.0. The summed E-state index contributed by atoms with van der Waals surface area (Å²) in [6, 6.07) is 8.33. The first-order valence-corrected chi connectivity index (χ1v) is 7.29. The van der Waals surface area contributed by atoms with Gasteiger partial charge in [-0.15, -0.1) is 0 Å². The van der Waals surface area contributed by atoms with Crippen LogP contribution in [0.5, 0.6) is 5.75 Å². The van der Waals surface area contributed by atoms with Crippen LogP contribution in [-0.4, -0.2) is 17.4 Å². The number of anilines is 1. The van der Waals surface area contributed by atoms with Crippen LogP contribution in [0.15, 0.2) is 40.9 Å². The molecule has 0 saturated heterocycles. The third-order valence-corrected chi connectivity index (χ3v) is 3.45. The Bertz CT molecular complexity index is 767. The smallest absolute Gasteiger partial charge is 0.271 e. The number of carbonyl (C=O) groups excluding carboxylic acids is 1. The second kappa shape index (κ2) is 7.19. The lowest BCUT2D eigenvalue weighted by Gasteiger charge is -2.10. The molecule has 120 valence electrons. The highest BCUT2D eigenvalue weighted by Gasteiger charge is 2.12. The Morgan fingerprint density at radius 1 is 1.35 bits per heavy atom. The molecule has 0 saturated carbocycles. The Morgan fingerprint density at radius 2 is 2.09 bits per heavy atom. The van der Waals surface area contributed by atoms with E-state index in [-0.39, 0.29) is 11.4 Å². The molecule has 0 atom stereocenters. The molecule has 1 N–H and O–H groups in total. The highest BCUT2D eigenvalue weighted by molar-refractivity contribution is 9.10. The van der Waals surface area contributed by atoms with Gasteiger partial charge in [-0.25, -0.2) is 4.39 Å². The Labute approximate surface area is 139 Å². The Hall–Kier alpha value is -2.48. The van der Waals surface area contributed by atoms with Gasteiger partial charge in [0.15, 0.2) is 18.2 Å². The molecule has 0 aromatic heterocycles. The van der Waals surface area contributed by atoms with Gasteiger partial charge < -0.3 is 10.1 Å². The van der Waals surface area contributed by atoms with Crippen LogP contribution in [0.25, 0.3) is 0 Å². The summed E-state index contributed by atoms with van der Waals surface area (Å²) in [6.07, 6.45) is 0. The Morgan fingerprint density at radius 3 is 2.74 bits per heavy atom. The molecule has 0 heterocycles. The normalized spacial score (nSPS) is 10.2. The van der Waals surface area contributed by atoms with Crippen LogP contribution >= 0.6 is 15.9 Å². The van der Waals surface area contributed by atoms with E-state index in [1.165, 1.54) is 30.3 Å². The number of nitrogens with one attached hydrogen (secondary N) is 1. The molecule has 23 heavy (non-hydrogen) atoms. The number of aryl methyl sites for hydroxylation is 1. The van der Waals surface area contributed by atoms with Gasteiger partial charge in [0, 0.05) is 16.6 Å². The summed E-state index contributed by atoms with van der Waals surface area (Å²) in [5.74, 6) is -1.20. The third kappa shape index (κ3) is 4.49. The predicted molar refractivity (Wildman–Crippen MR) is 86.1 cm³/mol. The molecule has 2 rings (SSSR count). The topological polar surface area (TPSA) is 81.5 Å². The molecule has 6 nitrogen and oxygen atoms in total. The van der Waals surface area contributed by atoms with Crippen molar-refractivity contribution in [3.8, 4) is 5.75 Å². The summed E-state index contributed by atoms with van der Waals surface area (Å²) >= 11 is 3.12. The van der Waals surface area contributed by atoms with Gasteiger partial charge in [-0.2, -0.15) is 0 Å². The number of ether oxygens (including phenoxy) is 1. The molecular formula is C15H12BrFN2O4. The van der Waals surface area contributed by atoms with Crippen LogP contribution in [0.2, 0.25) is 0 Å². The fraction of sp³-hybridized carbons (Fsp3) is 0.133. The summed E-state index contributed by atoms with van der Waals surface area (Å²) in [4.78, 5) is 22.1. The number of hydrogen-bond acceptors (Lipinski definition) is 4. The van der Waals surface area contributed by atoms with Gasteiger partial charge in [-0.1, -0.05) is 22.0 Å². The molecular weight excluding hydrogens is 371 g/mol. The van der Waals surface area contributed by atoms with Gasteiger partial charge in [-0.3, -0.25) is 14.9 Å². The molecule has 2 aromatic carbocycles. The Kier molecular flexibility index (Phi) is 5.28. The number of nitro benzene ring substituents is 1. The summed E-state index contributed by atoms with van der Waals surface area (Å²) in [5.41, 5.74) is 0.841. The van der Waals surface area contributed by atoms with Crippen molar-refractivity contribution in [1.29, 1.82) is 0 Å². The quantitative estimate of drug-likeness (QED) is 0.629. The highest BCUT2D eigenvalue weighted by Crippen LogP contribution is 2.23. The van der Waals surface area contributed by atoms with Crippen molar-refractivity contribution in [3.63, 3.8) is 0 Å². The molecule has 0 aliphatic carbocycles. The lowest BCUT2D eigenvalue weighted by molar-refractivity contribution is -0.384. The molecule has 0 radical (unpaired) electrons. The van der Waals surface area contributed by atoms with Gasteiger partial charge in [0.05, 0.1) is 10.6 Å². The van der Waals surface area contributed by atoms with Crippen molar-refractivity contribution in [3.05, 3.63) is 62.4 Å². The van der Waals surface area contributed by atoms with Gasteiger partial charge in [0.25, 0.3) is 11.6 Å². The average molecular weight is 383 g/mol. The molecule has 2 aromatic rings. The summed E-state index contributed by atoms with van der Waals surface area (Å²) in [7, 11) is 0. The highest BCUT2D eigenvalue weighted by atomic mass is 79.9. The molecule has 1 amide bonds. The van der Waals surface area contributed by atoms with Crippen LogP contribution in [0.3, 0.4) is 0 Å². The summed E-state index contributed by atoms with van der Waals surface area (Å²) < 4.78 is 19.2. The molecule has 0 aliphatic rings. The Balaban J connectivity index is 2.02. The molecule has 0 unspecified atom stereocenters. The maximum Gasteiger partial charge on any atom is 0.271 e. The lowest BCUT2D eigenvalue weighted by atomic mass is 10.2. The minimum Gasteiger partial charge on any atom is -0.481 e. The lowest BCUT2D eigenvalue weighted by Crippen LogP contribution is -2.21. The molecule has 0 spiro atoms. The minimum atomic E-state index is -0.598. The number of halogens is 2. The fourth-order valence-corrected chi connectivity index (χ4v) is 2.11. The second-order valence-corrected chi connectivity index (χ2v) is 5.58. The van der Waals surface area contributed by atoms with E-state index in [0.29, 0.717) is 15.7 Å². The van der Waals surface area contributed by atoms with Crippen LogP contribution in [0.4, 0.5) is 15.8 Å². The zero-order valence-corrected chi connectivity index (χ0v) is 13.6. The number of carbonyl (C=O) groups is 1. The van der Waals surface area contributed by atoms with Crippen molar-refractivity contribution in [2.75, 3.05) is 11.9 Å². The van der Waals surface area contributed by atoms with Gasteiger partial charge in [0.1, 0.15) is 0 Å². The van der Waals surface area contributed by atoms with E-state index < -0.39 is 23.3 Å². The number of amides is 1. The van der Waals surface area contributed by atoms with E-state index in [1.807, 2.05) is 0 Å². The van der Waals surface area contributed by atoms with E-state index in [9.17, 15) is 19.3 Å². The van der Waals surface area contributed by atoms with E-state index in [1.54, 1.807) is 13.0 Å². The van der Waals surface area contributed by atoms with Gasteiger partial charge in [-0.05, 0) is 30.7 Å². The first-order valence-electron chi connectivity index (χ1n) is 6.49. The van der Waals surface area contributed by atoms with Crippen molar-refractivity contribution in [1.82, 2.24) is 0 Å². The summed E-state index contributed by atoms with van der Waals surface area (Å²) in [6.45, 7) is 1.29. The maximum atomic E-state index is 13.6. The van der Waals surface area contributed by atoms with Crippen LogP contribution < -0.4 is 10.1 Å². The van der Waals surface area contributed by atoms with E-state index in [0.717, 1.165) is 0 Å². The van der Waals surface area contributed by atoms with Crippen LogP contribution in [0, 0.1) is 22.9 Å². The summed E-state index contributed by atoms with van der Waals surface area (Å²) in [5, 5.41) is 13.3. The molecule has 0 fully saturated rings. The standard InChI is InChI=1S/C15H12BrFN2O4/c1-9-2-4-11(19(21)22)7-13(9)18-15(20)8-23-14-5-3-10(16)6-12(14)17/h2-7H,8H2,1H3,(H,18,20). The van der Waals surface area contributed by atoms with Gasteiger partial charge >= 0.3 is 0 Å². The average Bonchev–Trinajstić information content (AvgIpc) is 2.48. The van der Waals surface area contributed by atoms with Crippen molar-refractivity contribution >= 4 is 33.2 Å². The maximum absolute atomic E-state index is 13.6. The fourth-order valence-electron chi connectivity index (χ4n) is 1.78. The number of benzene rings is 2. The number of nitrogens with zero attached hydrogens (tertiary/aromatic N) is 1. The molecule has 0 aliphatic heterocycles. The van der Waals surface area contributed by atoms with E-state index in [2.05, 4.69) is 21.2 Å². The van der Waals surface area contributed by atoms with Crippen LogP contribution in [0.1, 0.15) is 5.56 Å². The SMILES string of the molecule is Cc1ccc([N+](=O)[O-])cc1NC(=O)COc1ccc(Br)cc1F. The monoisotopic (exact) mass is 382 g/mol. The zero-order valence-electron chi connectivity index (χ0n) is 12.0. The van der Waals surface area contributed by atoms with Crippen molar-refractivity contribution in [2.45, 2.75) is 6.92 Å². The number of hydrogen-bond donors (Lipinski definition) is 1. The molecule has 8 heteroatoms. The largest absolute Gasteiger partial charge is 0.481 e. The van der Waals surface area contributed by atoms with E-state index >= 15 is 0 Å². The van der Waals surface area contributed by atoms with Gasteiger partial charge in [0.2, 0.25) is 0 Å². The minimum absolute atomic E-state index is 0.0564. The number of rotatable bonds is 5. The van der Waals surface area contributed by atoms with Crippen molar-refractivity contribution < 1.29 is 18.8 Å². The number of nitro groups is 1. The van der Waals surface area contributed by atoms with Crippen LogP contribution in [-0.2, 0) is 4.79 Å². The predicted octanol–water partition coefficient (Wildman–Crippen LogP) is 3.82. The third-order valence-electron chi connectivity index (χ3n) is 2.96. The number of non-ortho nitro benzene ring substituents is 1. The molecule has 0 bridgehead atoms. The van der Waals surface area contributed by atoms with E-state index in [4.69, 9.17) is 4.74 Å². The first-order chi connectivity index (χ1) is 10.9.